The van der Waals surface area contributed by atoms with Crippen molar-refractivity contribution in [3.63, 3.8) is 0 Å². The largest absolute Gasteiger partial charge is 0.265 e. The monoisotopic (exact) mass is 613 g/mol. The van der Waals surface area contributed by atoms with Gasteiger partial charge in [-0.15, -0.1) is 0 Å². The van der Waals surface area contributed by atoms with Crippen LogP contribution in [0.4, 0.5) is 0 Å². The standard InChI is InChI=1S/C43H27N5/c1-2-9-28(10-3-1)39-27-31(43-47-41(29-19-23-44-24-20-29)46-42(48-43)30-21-25-45-26-22-30)17-18-35(39)38-16-8-15-37-34-12-5-4-11-32(34)33-13-6-7-14-36(33)40(37)38/h1-27H. The molecule has 0 atom stereocenters. The Morgan fingerprint density at radius 3 is 1.35 bits per heavy atom. The molecule has 5 nitrogen and oxygen atoms in total. The summed E-state index contributed by atoms with van der Waals surface area (Å²) >= 11 is 0. The van der Waals surface area contributed by atoms with Crippen molar-refractivity contribution in [2.75, 3.05) is 0 Å². The molecule has 0 amide bonds. The molecule has 0 aliphatic rings. The van der Waals surface area contributed by atoms with Crippen LogP contribution in [0.3, 0.4) is 0 Å². The van der Waals surface area contributed by atoms with E-state index in [1.165, 1.54) is 37.9 Å². The van der Waals surface area contributed by atoms with Crippen LogP contribution in [0.1, 0.15) is 0 Å². The highest BCUT2D eigenvalue weighted by Gasteiger charge is 2.18. The molecule has 5 heteroatoms. The molecule has 0 aliphatic carbocycles. The quantitative estimate of drug-likeness (QED) is 0.181. The maximum Gasteiger partial charge on any atom is 0.164 e. The van der Waals surface area contributed by atoms with Crippen LogP contribution in [0.5, 0.6) is 0 Å². The molecule has 0 radical (unpaired) electrons. The van der Waals surface area contributed by atoms with Crippen LogP contribution in [-0.2, 0) is 0 Å². The summed E-state index contributed by atoms with van der Waals surface area (Å²) in [4.78, 5) is 23.2. The molecule has 3 aromatic heterocycles. The van der Waals surface area contributed by atoms with Crippen LogP contribution < -0.4 is 0 Å². The normalized spacial score (nSPS) is 11.3. The smallest absolute Gasteiger partial charge is 0.164 e. The minimum atomic E-state index is 0.590. The molecular formula is C43H27N5. The number of hydrogen-bond donors (Lipinski definition) is 0. The number of rotatable bonds is 5. The molecule has 0 fully saturated rings. The van der Waals surface area contributed by atoms with E-state index in [4.69, 9.17) is 15.0 Å². The molecule has 9 aromatic rings. The molecule has 0 unspecified atom stereocenters. The van der Waals surface area contributed by atoms with E-state index < -0.39 is 0 Å². The molecule has 0 N–H and O–H groups in total. The molecule has 0 spiro atoms. The van der Waals surface area contributed by atoms with Crippen molar-refractivity contribution in [1.82, 2.24) is 24.9 Å². The van der Waals surface area contributed by atoms with Crippen molar-refractivity contribution in [3.8, 4) is 56.4 Å². The zero-order valence-corrected chi connectivity index (χ0v) is 25.8. The van der Waals surface area contributed by atoms with Crippen LogP contribution in [0.2, 0.25) is 0 Å². The predicted molar refractivity (Wildman–Crippen MR) is 195 cm³/mol. The first-order chi connectivity index (χ1) is 23.8. The van der Waals surface area contributed by atoms with Gasteiger partial charge in [0.25, 0.3) is 0 Å². The van der Waals surface area contributed by atoms with Gasteiger partial charge >= 0.3 is 0 Å². The van der Waals surface area contributed by atoms with Gasteiger partial charge in [0.05, 0.1) is 0 Å². The second-order valence-electron chi connectivity index (χ2n) is 11.7. The second kappa shape index (κ2) is 11.6. The molecule has 9 rings (SSSR count). The average molecular weight is 614 g/mol. The third-order valence-electron chi connectivity index (χ3n) is 8.93. The minimum Gasteiger partial charge on any atom is -0.265 e. The minimum absolute atomic E-state index is 0.590. The van der Waals surface area contributed by atoms with Crippen molar-refractivity contribution in [2.24, 2.45) is 0 Å². The summed E-state index contributed by atoms with van der Waals surface area (Å²) in [6.45, 7) is 0. The third-order valence-corrected chi connectivity index (χ3v) is 8.93. The Bertz CT molecular complexity index is 2500. The Morgan fingerprint density at radius 2 is 0.771 bits per heavy atom. The average Bonchev–Trinajstić information content (AvgIpc) is 3.18. The Hall–Kier alpha value is -6.59. The van der Waals surface area contributed by atoms with Crippen molar-refractivity contribution in [1.29, 1.82) is 0 Å². The summed E-state index contributed by atoms with van der Waals surface area (Å²) in [6.07, 6.45) is 7.02. The lowest BCUT2D eigenvalue weighted by Gasteiger charge is -2.18. The van der Waals surface area contributed by atoms with Crippen molar-refractivity contribution in [3.05, 3.63) is 164 Å². The van der Waals surface area contributed by atoms with E-state index >= 15 is 0 Å². The predicted octanol–water partition coefficient (Wildman–Crippen LogP) is 10.5. The van der Waals surface area contributed by atoms with Gasteiger partial charge in [0.1, 0.15) is 0 Å². The van der Waals surface area contributed by atoms with Gasteiger partial charge in [0.2, 0.25) is 0 Å². The summed E-state index contributed by atoms with van der Waals surface area (Å²) in [5.41, 5.74) is 7.21. The first-order valence-electron chi connectivity index (χ1n) is 15.9. The topological polar surface area (TPSA) is 64.5 Å². The second-order valence-corrected chi connectivity index (χ2v) is 11.7. The third kappa shape index (κ3) is 4.77. The van der Waals surface area contributed by atoms with E-state index in [0.29, 0.717) is 17.5 Å². The van der Waals surface area contributed by atoms with E-state index in [9.17, 15) is 0 Å². The number of aromatic nitrogens is 5. The summed E-state index contributed by atoms with van der Waals surface area (Å²) in [6, 6.07) is 48.9. The number of hydrogen-bond acceptors (Lipinski definition) is 5. The molecular weight excluding hydrogens is 587 g/mol. The lowest BCUT2D eigenvalue weighted by atomic mass is 9.86. The maximum atomic E-state index is 5.00. The zero-order chi connectivity index (χ0) is 31.9. The fourth-order valence-electron chi connectivity index (χ4n) is 6.72. The van der Waals surface area contributed by atoms with Crippen molar-refractivity contribution in [2.45, 2.75) is 0 Å². The Labute approximate surface area is 277 Å². The van der Waals surface area contributed by atoms with E-state index in [0.717, 1.165) is 33.4 Å². The lowest BCUT2D eigenvalue weighted by molar-refractivity contribution is 1.07. The molecule has 48 heavy (non-hydrogen) atoms. The van der Waals surface area contributed by atoms with Crippen LogP contribution in [0.15, 0.2) is 164 Å². The number of nitrogens with zero attached hydrogens (tertiary/aromatic N) is 5. The van der Waals surface area contributed by atoms with Gasteiger partial charge in [-0.3, -0.25) is 9.97 Å². The van der Waals surface area contributed by atoms with Gasteiger partial charge in [-0.2, -0.15) is 0 Å². The highest BCUT2D eigenvalue weighted by Crippen LogP contribution is 2.43. The number of pyridine rings is 2. The van der Waals surface area contributed by atoms with Gasteiger partial charge in [-0.1, -0.05) is 109 Å². The summed E-state index contributed by atoms with van der Waals surface area (Å²) in [7, 11) is 0. The van der Waals surface area contributed by atoms with Crippen molar-refractivity contribution < 1.29 is 0 Å². The molecule has 0 aliphatic heterocycles. The molecule has 6 aromatic carbocycles. The van der Waals surface area contributed by atoms with Crippen molar-refractivity contribution >= 4 is 32.3 Å². The first-order valence-corrected chi connectivity index (χ1v) is 15.9. The van der Waals surface area contributed by atoms with E-state index in [2.05, 4.69) is 125 Å². The molecule has 0 saturated heterocycles. The fourth-order valence-corrected chi connectivity index (χ4v) is 6.72. The first kappa shape index (κ1) is 27.7. The maximum absolute atomic E-state index is 5.00. The van der Waals surface area contributed by atoms with Crippen LogP contribution in [0.25, 0.3) is 88.7 Å². The Kier molecular flexibility index (Phi) is 6.72. The SMILES string of the molecule is c1ccc(-c2cc(-c3nc(-c4ccncc4)nc(-c4ccncc4)n3)ccc2-c2cccc3c4ccccc4c4ccccc4c23)cc1. The number of benzene rings is 6. The zero-order valence-electron chi connectivity index (χ0n) is 25.8. The van der Waals surface area contributed by atoms with Crippen LogP contribution >= 0.6 is 0 Å². The lowest BCUT2D eigenvalue weighted by Crippen LogP contribution is -2.00. The van der Waals surface area contributed by atoms with Gasteiger partial charge < -0.3 is 0 Å². The van der Waals surface area contributed by atoms with Gasteiger partial charge in [-0.25, -0.2) is 15.0 Å². The molecule has 3 heterocycles. The Morgan fingerprint density at radius 1 is 0.292 bits per heavy atom. The summed E-state index contributed by atoms with van der Waals surface area (Å²) in [5.74, 6) is 1.78. The molecule has 0 saturated carbocycles. The summed E-state index contributed by atoms with van der Waals surface area (Å²) < 4.78 is 0. The number of fused-ring (bicyclic) bond motifs is 6. The molecule has 0 bridgehead atoms. The molecule has 224 valence electrons. The summed E-state index contributed by atoms with van der Waals surface area (Å²) in [5, 5.41) is 7.50. The van der Waals surface area contributed by atoms with E-state index in [1.54, 1.807) is 24.8 Å². The van der Waals surface area contributed by atoms with E-state index in [-0.39, 0.29) is 0 Å². The fraction of sp³-hybridized carbons (Fsp3) is 0. The van der Waals surface area contributed by atoms with Crippen LogP contribution in [-0.4, -0.2) is 24.9 Å². The van der Waals surface area contributed by atoms with Gasteiger partial charge in [-0.05, 0) is 84.9 Å². The van der Waals surface area contributed by atoms with Gasteiger partial charge in [0.15, 0.2) is 17.5 Å². The van der Waals surface area contributed by atoms with E-state index in [1.807, 2.05) is 24.3 Å². The highest BCUT2D eigenvalue weighted by molar-refractivity contribution is 6.28. The van der Waals surface area contributed by atoms with Gasteiger partial charge in [0, 0.05) is 41.5 Å². The highest BCUT2D eigenvalue weighted by atomic mass is 15.0. The van der Waals surface area contributed by atoms with Crippen LogP contribution in [0, 0.1) is 0 Å². The Balaban J connectivity index is 1.31.